The molecule has 2 N–H and O–H groups in total. The average Bonchev–Trinajstić information content (AvgIpc) is 2.30. The van der Waals surface area contributed by atoms with Crippen LogP contribution in [0, 0.1) is 0 Å². The fourth-order valence-corrected chi connectivity index (χ4v) is 1.58. The predicted octanol–water partition coefficient (Wildman–Crippen LogP) is 0.848. The summed E-state index contributed by atoms with van der Waals surface area (Å²) in [5.74, 6) is 0. The Labute approximate surface area is 92.0 Å². The summed E-state index contributed by atoms with van der Waals surface area (Å²) < 4.78 is 0. The van der Waals surface area contributed by atoms with Gasteiger partial charge in [-0.3, -0.25) is 9.59 Å². The van der Waals surface area contributed by atoms with Crippen LogP contribution in [0.4, 0.5) is 0 Å². The highest BCUT2D eigenvalue weighted by atomic mass is 16.1. The summed E-state index contributed by atoms with van der Waals surface area (Å²) in [5.41, 5.74) is 1.22. The fourth-order valence-electron chi connectivity index (χ4n) is 1.58. The third-order valence-corrected chi connectivity index (χ3v) is 2.46. The first-order valence-electron chi connectivity index (χ1n) is 5.10. The highest BCUT2D eigenvalue weighted by molar-refractivity contribution is 5.14. The van der Waals surface area contributed by atoms with E-state index in [1.807, 2.05) is 0 Å². The second kappa shape index (κ2) is 4.61. The van der Waals surface area contributed by atoms with Crippen molar-refractivity contribution < 1.29 is 0 Å². The monoisotopic (exact) mass is 216 g/mol. The maximum atomic E-state index is 11.4. The van der Waals surface area contributed by atoms with E-state index in [1.165, 1.54) is 0 Å². The molecule has 82 valence electrons. The van der Waals surface area contributed by atoms with Crippen molar-refractivity contribution in [3.8, 4) is 0 Å². The lowest BCUT2D eigenvalue weighted by molar-refractivity contribution is 0.913. The summed E-state index contributed by atoms with van der Waals surface area (Å²) in [7, 11) is 0. The molecule has 0 aliphatic heterocycles. The molecule has 2 aromatic rings. The summed E-state index contributed by atoms with van der Waals surface area (Å²) in [6, 6.07) is 7.11. The van der Waals surface area contributed by atoms with Gasteiger partial charge in [0.25, 0.3) is 11.1 Å². The molecule has 4 nitrogen and oxygen atoms in total. The number of rotatable bonds is 3. The van der Waals surface area contributed by atoms with E-state index < -0.39 is 0 Å². The van der Waals surface area contributed by atoms with Gasteiger partial charge in [-0.1, -0.05) is 12.1 Å². The normalized spacial score (nSPS) is 10.2. The molecule has 16 heavy (non-hydrogen) atoms. The van der Waals surface area contributed by atoms with Gasteiger partial charge in [0.05, 0.1) is 0 Å². The second-order valence-electron chi connectivity index (χ2n) is 3.55. The number of hydrogen-bond donors (Lipinski definition) is 2. The van der Waals surface area contributed by atoms with Crippen molar-refractivity contribution in [1.82, 2.24) is 9.97 Å². The van der Waals surface area contributed by atoms with Crippen molar-refractivity contribution in [3.05, 3.63) is 68.5 Å². The molecule has 2 aromatic heterocycles. The largest absolute Gasteiger partial charge is 0.329 e. The van der Waals surface area contributed by atoms with Gasteiger partial charge in [0, 0.05) is 23.5 Å². The second-order valence-corrected chi connectivity index (χ2v) is 3.55. The number of pyridine rings is 2. The Morgan fingerprint density at radius 2 is 1.25 bits per heavy atom. The van der Waals surface area contributed by atoms with Crippen molar-refractivity contribution >= 4 is 0 Å². The van der Waals surface area contributed by atoms with Crippen LogP contribution in [0.2, 0.25) is 0 Å². The van der Waals surface area contributed by atoms with Gasteiger partial charge in [-0.25, -0.2) is 0 Å². The van der Waals surface area contributed by atoms with E-state index >= 15 is 0 Å². The SMILES string of the molecule is O=c1[nH]cccc1CCc1ccc[nH]c1=O. The Bertz CT molecular complexity index is 530. The summed E-state index contributed by atoms with van der Waals surface area (Å²) >= 11 is 0. The molecule has 2 rings (SSSR count). The van der Waals surface area contributed by atoms with E-state index in [2.05, 4.69) is 9.97 Å². The molecule has 0 spiro atoms. The van der Waals surface area contributed by atoms with Crippen LogP contribution in [0.5, 0.6) is 0 Å². The molecule has 0 saturated carbocycles. The Kier molecular flexibility index (Phi) is 3.00. The van der Waals surface area contributed by atoms with E-state index in [1.54, 1.807) is 36.7 Å². The topological polar surface area (TPSA) is 65.7 Å². The van der Waals surface area contributed by atoms with Gasteiger partial charge in [0.1, 0.15) is 0 Å². The van der Waals surface area contributed by atoms with Gasteiger partial charge in [0.2, 0.25) is 0 Å². The zero-order chi connectivity index (χ0) is 11.4. The standard InChI is InChI=1S/C12H12N2O2/c15-11-9(3-1-7-13-11)5-6-10-4-2-8-14-12(10)16/h1-4,7-8H,5-6H2,(H,13,15)(H,14,16). The van der Waals surface area contributed by atoms with Crippen LogP contribution in [0.3, 0.4) is 0 Å². The third-order valence-electron chi connectivity index (χ3n) is 2.46. The number of nitrogens with one attached hydrogen (secondary N) is 2. The molecule has 0 unspecified atom stereocenters. The lowest BCUT2D eigenvalue weighted by atomic mass is 10.1. The molecule has 0 atom stereocenters. The molecule has 0 bridgehead atoms. The van der Waals surface area contributed by atoms with Crippen molar-refractivity contribution in [2.24, 2.45) is 0 Å². The molecule has 0 amide bonds. The molecule has 0 aromatic carbocycles. The number of aryl methyl sites for hydroxylation is 2. The lowest BCUT2D eigenvalue weighted by Crippen LogP contribution is -2.15. The van der Waals surface area contributed by atoms with Crippen LogP contribution in [-0.2, 0) is 12.8 Å². The zero-order valence-corrected chi connectivity index (χ0v) is 8.69. The maximum Gasteiger partial charge on any atom is 0.251 e. The Balaban J connectivity index is 2.15. The van der Waals surface area contributed by atoms with E-state index in [0.29, 0.717) is 24.0 Å². The van der Waals surface area contributed by atoms with Gasteiger partial charge < -0.3 is 9.97 Å². The van der Waals surface area contributed by atoms with Crippen LogP contribution in [0.1, 0.15) is 11.1 Å². The van der Waals surface area contributed by atoms with E-state index in [4.69, 9.17) is 0 Å². The number of aromatic nitrogens is 2. The van der Waals surface area contributed by atoms with Crippen molar-refractivity contribution in [3.63, 3.8) is 0 Å². The molecule has 0 fully saturated rings. The summed E-state index contributed by atoms with van der Waals surface area (Å²) in [6.45, 7) is 0. The minimum atomic E-state index is -0.0881. The minimum absolute atomic E-state index is 0.0881. The molecule has 2 heterocycles. The van der Waals surface area contributed by atoms with Gasteiger partial charge in [-0.05, 0) is 25.0 Å². The fraction of sp³-hybridized carbons (Fsp3) is 0.167. The zero-order valence-electron chi connectivity index (χ0n) is 8.69. The number of aromatic amines is 2. The Hall–Kier alpha value is -2.10. The van der Waals surface area contributed by atoms with Gasteiger partial charge in [0.15, 0.2) is 0 Å². The van der Waals surface area contributed by atoms with Crippen LogP contribution in [0.25, 0.3) is 0 Å². The minimum Gasteiger partial charge on any atom is -0.329 e. The lowest BCUT2D eigenvalue weighted by Gasteiger charge is -1.99. The summed E-state index contributed by atoms with van der Waals surface area (Å²) in [6.07, 6.45) is 4.34. The first kappa shape index (κ1) is 10.4. The van der Waals surface area contributed by atoms with E-state index in [0.717, 1.165) is 0 Å². The number of H-pyrrole nitrogens is 2. The highest BCUT2D eigenvalue weighted by Crippen LogP contribution is 1.98. The highest BCUT2D eigenvalue weighted by Gasteiger charge is 2.01. The van der Waals surface area contributed by atoms with Crippen LogP contribution >= 0.6 is 0 Å². The van der Waals surface area contributed by atoms with Crippen molar-refractivity contribution in [2.45, 2.75) is 12.8 Å². The molecule has 0 saturated heterocycles. The predicted molar refractivity (Wildman–Crippen MR) is 61.5 cm³/mol. The molecule has 4 heteroatoms. The number of hydrogen-bond acceptors (Lipinski definition) is 2. The summed E-state index contributed by atoms with van der Waals surface area (Å²) in [5, 5.41) is 0. The van der Waals surface area contributed by atoms with Gasteiger partial charge in [-0.15, -0.1) is 0 Å². The van der Waals surface area contributed by atoms with Crippen LogP contribution in [-0.4, -0.2) is 9.97 Å². The van der Waals surface area contributed by atoms with Crippen LogP contribution in [0.15, 0.2) is 46.2 Å². The first-order chi connectivity index (χ1) is 7.77. The molecular weight excluding hydrogens is 204 g/mol. The smallest absolute Gasteiger partial charge is 0.251 e. The Morgan fingerprint density at radius 1 is 0.812 bits per heavy atom. The summed E-state index contributed by atoms with van der Waals surface area (Å²) in [4.78, 5) is 28.0. The average molecular weight is 216 g/mol. The molecule has 0 aliphatic carbocycles. The quantitative estimate of drug-likeness (QED) is 0.798. The van der Waals surface area contributed by atoms with Crippen molar-refractivity contribution in [2.75, 3.05) is 0 Å². The van der Waals surface area contributed by atoms with E-state index in [-0.39, 0.29) is 11.1 Å². The molecule has 0 aliphatic rings. The first-order valence-corrected chi connectivity index (χ1v) is 5.10. The molecular formula is C12H12N2O2. The van der Waals surface area contributed by atoms with Crippen molar-refractivity contribution in [1.29, 1.82) is 0 Å². The van der Waals surface area contributed by atoms with Gasteiger partial charge in [-0.2, -0.15) is 0 Å². The maximum absolute atomic E-state index is 11.4. The van der Waals surface area contributed by atoms with E-state index in [9.17, 15) is 9.59 Å². The van der Waals surface area contributed by atoms with Crippen LogP contribution < -0.4 is 11.1 Å². The Morgan fingerprint density at radius 3 is 1.62 bits per heavy atom. The third kappa shape index (κ3) is 2.28. The molecule has 0 radical (unpaired) electrons. The van der Waals surface area contributed by atoms with Gasteiger partial charge >= 0.3 is 0 Å².